The van der Waals surface area contributed by atoms with Crippen LogP contribution < -0.4 is 0 Å². The maximum atomic E-state index is 12.5. The third-order valence-corrected chi connectivity index (χ3v) is 9.10. The number of carboxylic acids is 2. The second-order valence-electron chi connectivity index (χ2n) is 9.77. The van der Waals surface area contributed by atoms with Crippen molar-refractivity contribution in [2.75, 3.05) is 0 Å². The van der Waals surface area contributed by atoms with E-state index in [1.165, 1.54) is 0 Å². The van der Waals surface area contributed by atoms with Gasteiger partial charge in [-0.25, -0.2) is 0 Å². The number of rotatable bonds is 2. The van der Waals surface area contributed by atoms with Gasteiger partial charge in [0.15, 0.2) is 0 Å². The highest BCUT2D eigenvalue weighted by atomic mass is 16.4. The fourth-order valence-electron chi connectivity index (χ4n) is 7.70. The molecule has 0 spiro atoms. The van der Waals surface area contributed by atoms with Gasteiger partial charge in [0, 0.05) is 11.8 Å². The normalized spacial score (nSPS) is 54.5. The van der Waals surface area contributed by atoms with Gasteiger partial charge in [0.2, 0.25) is 0 Å². The topological polar surface area (TPSA) is 135 Å². The minimum absolute atomic E-state index is 0.0516. The fourth-order valence-corrected chi connectivity index (χ4v) is 7.70. The van der Waals surface area contributed by atoms with E-state index in [9.17, 15) is 35.1 Å². The third kappa shape index (κ3) is 2.13. The first kappa shape index (κ1) is 19.2. The van der Waals surface area contributed by atoms with Crippen LogP contribution in [-0.4, -0.2) is 54.8 Å². The second-order valence-corrected chi connectivity index (χ2v) is 9.77. The highest BCUT2D eigenvalue weighted by Crippen LogP contribution is 2.69. The van der Waals surface area contributed by atoms with Gasteiger partial charge in [-0.1, -0.05) is 6.92 Å². The molecule has 0 aromatic rings. The van der Waals surface area contributed by atoms with Crippen molar-refractivity contribution in [1.29, 1.82) is 0 Å². The molecule has 0 bridgehead atoms. The van der Waals surface area contributed by atoms with Crippen LogP contribution in [0.2, 0.25) is 0 Å². The Balaban J connectivity index is 1.78. The molecule has 0 amide bonds. The van der Waals surface area contributed by atoms with Crippen molar-refractivity contribution in [2.24, 2.45) is 28.6 Å². The first-order valence-corrected chi connectivity index (χ1v) is 10.1. The molecule has 0 saturated heterocycles. The Labute approximate surface area is 158 Å². The van der Waals surface area contributed by atoms with Crippen molar-refractivity contribution in [3.05, 3.63) is 0 Å². The zero-order chi connectivity index (χ0) is 19.8. The highest BCUT2D eigenvalue weighted by molar-refractivity contribution is 5.78. The lowest BCUT2D eigenvalue weighted by atomic mass is 9.41. The van der Waals surface area contributed by atoms with Crippen LogP contribution >= 0.6 is 0 Å². The number of hydrogen-bond acceptors (Lipinski definition) is 5. The van der Waals surface area contributed by atoms with Crippen LogP contribution in [0, 0.1) is 28.6 Å². The largest absolute Gasteiger partial charge is 0.481 e. The lowest BCUT2D eigenvalue weighted by molar-refractivity contribution is -0.261. The zero-order valence-electron chi connectivity index (χ0n) is 15.7. The number of fused-ring (bicyclic) bond motifs is 5. The smallest absolute Gasteiger partial charge is 0.312 e. The van der Waals surface area contributed by atoms with E-state index in [1.807, 2.05) is 6.92 Å². The quantitative estimate of drug-likeness (QED) is 0.487. The highest BCUT2D eigenvalue weighted by Gasteiger charge is 2.73. The van der Waals surface area contributed by atoms with Crippen molar-refractivity contribution >= 4 is 11.9 Å². The summed E-state index contributed by atoms with van der Waals surface area (Å²) in [6.07, 6.45) is 2.21. The molecule has 8 atom stereocenters. The Morgan fingerprint density at radius 3 is 2.19 bits per heavy atom. The Bertz CT molecular complexity index is 679. The first-order valence-electron chi connectivity index (χ1n) is 10.1. The van der Waals surface area contributed by atoms with Crippen LogP contribution in [-0.2, 0) is 9.59 Å². The fraction of sp³-hybridized carbons (Fsp3) is 0.900. The van der Waals surface area contributed by atoms with Gasteiger partial charge in [0.25, 0.3) is 0 Å². The summed E-state index contributed by atoms with van der Waals surface area (Å²) in [5.74, 6) is -3.32. The maximum absolute atomic E-state index is 12.5. The third-order valence-electron chi connectivity index (χ3n) is 9.10. The molecule has 4 fully saturated rings. The summed E-state index contributed by atoms with van der Waals surface area (Å²) in [4.78, 5) is 24.3. The van der Waals surface area contributed by atoms with Crippen LogP contribution in [0.5, 0.6) is 0 Å². The number of aliphatic hydroxyl groups excluding tert-OH is 1. The standard InChI is InChI=1S/C20H30O7/c1-17-6-3-12-13(20(17,27)9-5-14(17)15(22)23)4-7-18(26)10-11(21)2-8-19(12,18)16(24)25/h11-14,21,26-27H,2-10H2,1H3,(H,22,23)(H,24,25). The lowest BCUT2D eigenvalue weighted by Gasteiger charge is -2.64. The molecule has 5 N–H and O–H groups in total. The molecule has 0 aromatic heterocycles. The Kier molecular flexibility index (Phi) is 4.02. The molecule has 4 aliphatic rings. The number of carbonyl (C=O) groups is 2. The first-order chi connectivity index (χ1) is 12.5. The summed E-state index contributed by atoms with van der Waals surface area (Å²) >= 11 is 0. The number of aliphatic hydroxyl groups is 3. The predicted molar refractivity (Wildman–Crippen MR) is 93.7 cm³/mol. The number of hydrogen-bond donors (Lipinski definition) is 5. The predicted octanol–water partition coefficient (Wildman–Crippen LogP) is 1.39. The zero-order valence-corrected chi connectivity index (χ0v) is 15.7. The molecule has 0 heterocycles. The van der Waals surface area contributed by atoms with Crippen LogP contribution in [0.15, 0.2) is 0 Å². The average Bonchev–Trinajstić information content (AvgIpc) is 2.85. The molecule has 7 nitrogen and oxygen atoms in total. The molecule has 4 saturated carbocycles. The number of carboxylic acid groups (broad SMARTS) is 2. The SMILES string of the molecule is CC12CCC3C(CCC4(O)CC(O)CCC34C(=O)O)C1(O)CCC2C(=O)O. The monoisotopic (exact) mass is 382 g/mol. The molecule has 0 aromatic carbocycles. The number of aliphatic carboxylic acids is 2. The molecule has 152 valence electrons. The maximum Gasteiger partial charge on any atom is 0.312 e. The van der Waals surface area contributed by atoms with Crippen molar-refractivity contribution in [2.45, 2.75) is 82.0 Å². The summed E-state index contributed by atoms with van der Waals surface area (Å²) in [6.45, 7) is 1.84. The van der Waals surface area contributed by atoms with E-state index < -0.39 is 51.9 Å². The second kappa shape index (κ2) is 5.67. The van der Waals surface area contributed by atoms with Gasteiger partial charge in [0.05, 0.1) is 28.6 Å². The molecule has 8 unspecified atom stereocenters. The summed E-state index contributed by atoms with van der Waals surface area (Å²) in [5.41, 5.74) is -4.86. The van der Waals surface area contributed by atoms with E-state index in [-0.39, 0.29) is 25.2 Å². The van der Waals surface area contributed by atoms with Gasteiger partial charge in [-0.15, -0.1) is 0 Å². The Hall–Kier alpha value is -1.18. The molecular weight excluding hydrogens is 352 g/mol. The van der Waals surface area contributed by atoms with Gasteiger partial charge in [-0.3, -0.25) is 9.59 Å². The van der Waals surface area contributed by atoms with E-state index in [0.717, 1.165) is 0 Å². The summed E-state index contributed by atoms with van der Waals surface area (Å²) in [6, 6.07) is 0. The van der Waals surface area contributed by atoms with Gasteiger partial charge in [-0.05, 0) is 63.2 Å². The molecule has 4 rings (SSSR count). The van der Waals surface area contributed by atoms with E-state index >= 15 is 0 Å². The molecule has 27 heavy (non-hydrogen) atoms. The van der Waals surface area contributed by atoms with Gasteiger partial charge in [0.1, 0.15) is 0 Å². The van der Waals surface area contributed by atoms with E-state index in [4.69, 9.17) is 0 Å². The minimum atomic E-state index is -1.48. The van der Waals surface area contributed by atoms with Crippen LogP contribution in [0.4, 0.5) is 0 Å². The van der Waals surface area contributed by atoms with Gasteiger partial charge >= 0.3 is 11.9 Å². The van der Waals surface area contributed by atoms with Gasteiger partial charge in [-0.2, -0.15) is 0 Å². The van der Waals surface area contributed by atoms with Crippen molar-refractivity contribution in [1.82, 2.24) is 0 Å². The summed E-state index contributed by atoms with van der Waals surface area (Å²) < 4.78 is 0. The molecule has 4 aliphatic carbocycles. The molecule has 0 aliphatic heterocycles. The lowest BCUT2D eigenvalue weighted by Crippen LogP contribution is -2.70. The van der Waals surface area contributed by atoms with Crippen molar-refractivity contribution in [3.63, 3.8) is 0 Å². The van der Waals surface area contributed by atoms with Crippen LogP contribution in [0.3, 0.4) is 0 Å². The van der Waals surface area contributed by atoms with Crippen molar-refractivity contribution < 1.29 is 35.1 Å². The average molecular weight is 382 g/mol. The van der Waals surface area contributed by atoms with Crippen molar-refractivity contribution in [3.8, 4) is 0 Å². The summed E-state index contributed by atoms with van der Waals surface area (Å²) in [5, 5.41) is 53.0. The van der Waals surface area contributed by atoms with E-state index in [1.54, 1.807) is 0 Å². The summed E-state index contributed by atoms with van der Waals surface area (Å²) in [7, 11) is 0. The van der Waals surface area contributed by atoms with E-state index in [0.29, 0.717) is 38.5 Å². The van der Waals surface area contributed by atoms with E-state index in [2.05, 4.69) is 0 Å². The molecular formula is C20H30O7. The van der Waals surface area contributed by atoms with Crippen LogP contribution in [0.25, 0.3) is 0 Å². The minimum Gasteiger partial charge on any atom is -0.481 e. The Morgan fingerprint density at radius 2 is 1.56 bits per heavy atom. The van der Waals surface area contributed by atoms with Gasteiger partial charge < -0.3 is 25.5 Å². The molecule has 7 heteroatoms. The Morgan fingerprint density at radius 1 is 0.889 bits per heavy atom. The van der Waals surface area contributed by atoms with Crippen LogP contribution in [0.1, 0.15) is 64.7 Å². The molecule has 0 radical (unpaired) electrons.